The molecule has 4 aromatic rings. The van der Waals surface area contributed by atoms with E-state index in [1.807, 2.05) is 22.9 Å². The van der Waals surface area contributed by atoms with Gasteiger partial charge in [-0.3, -0.25) is 4.90 Å². The van der Waals surface area contributed by atoms with Crippen LogP contribution in [0.15, 0.2) is 36.7 Å². The summed E-state index contributed by atoms with van der Waals surface area (Å²) in [5.74, 6) is 0.496. The first-order chi connectivity index (χ1) is 17.0. The molecular formula is C25H26F2N8. The molecule has 0 aliphatic carbocycles. The average Bonchev–Trinajstić information content (AvgIpc) is 3.42. The van der Waals surface area contributed by atoms with E-state index in [9.17, 15) is 8.78 Å². The first-order valence-corrected chi connectivity index (χ1v) is 11.9. The second-order valence-corrected chi connectivity index (χ2v) is 9.20. The summed E-state index contributed by atoms with van der Waals surface area (Å²) < 4.78 is 31.7. The number of nitrogens with zero attached hydrogens (tertiary/aromatic N) is 6. The Morgan fingerprint density at radius 3 is 2.71 bits per heavy atom. The summed E-state index contributed by atoms with van der Waals surface area (Å²) in [6.07, 6.45) is 4.68. The summed E-state index contributed by atoms with van der Waals surface area (Å²) in [5, 5.41) is 6.38. The van der Waals surface area contributed by atoms with Crippen LogP contribution < -0.4 is 10.6 Å². The number of hydrogen-bond donors (Lipinski definition) is 2. The topological polar surface area (TPSA) is 83.8 Å². The van der Waals surface area contributed by atoms with Gasteiger partial charge in [-0.15, -0.1) is 0 Å². The lowest BCUT2D eigenvalue weighted by atomic mass is 10.1. The highest BCUT2D eigenvalue weighted by molar-refractivity contribution is 5.83. The molecule has 1 fully saturated rings. The number of hydrogen-bond acceptors (Lipinski definition) is 7. The molecule has 8 nitrogen and oxygen atoms in total. The van der Waals surface area contributed by atoms with Gasteiger partial charge in [0, 0.05) is 56.9 Å². The first-order valence-electron chi connectivity index (χ1n) is 11.9. The normalized spacial score (nSPS) is 18.2. The molecule has 0 amide bonds. The van der Waals surface area contributed by atoms with Crippen LogP contribution in [0.1, 0.15) is 30.8 Å². The van der Waals surface area contributed by atoms with Crippen molar-refractivity contribution >= 4 is 22.8 Å². The van der Waals surface area contributed by atoms with Crippen molar-refractivity contribution in [1.82, 2.24) is 34.7 Å². The van der Waals surface area contributed by atoms with Crippen molar-refractivity contribution < 1.29 is 8.78 Å². The van der Waals surface area contributed by atoms with E-state index in [1.54, 1.807) is 6.07 Å². The monoisotopic (exact) mass is 476 g/mol. The third-order valence-electron chi connectivity index (χ3n) is 6.75. The Kier molecular flexibility index (Phi) is 5.62. The first kappa shape index (κ1) is 22.0. The molecule has 5 heterocycles. The molecule has 1 aromatic carbocycles. The third kappa shape index (κ3) is 4.23. The summed E-state index contributed by atoms with van der Waals surface area (Å²) >= 11 is 0. The molecule has 2 aliphatic rings. The molecule has 0 bridgehead atoms. The Bertz CT molecular complexity index is 1380. The summed E-state index contributed by atoms with van der Waals surface area (Å²) in [7, 11) is 0. The van der Waals surface area contributed by atoms with E-state index < -0.39 is 11.6 Å². The van der Waals surface area contributed by atoms with Crippen LogP contribution in [0.25, 0.3) is 22.3 Å². The van der Waals surface area contributed by atoms with Gasteiger partial charge < -0.3 is 15.2 Å². The van der Waals surface area contributed by atoms with Gasteiger partial charge in [-0.1, -0.05) is 6.07 Å². The molecule has 10 heteroatoms. The van der Waals surface area contributed by atoms with Crippen molar-refractivity contribution in [2.45, 2.75) is 32.4 Å². The lowest BCUT2D eigenvalue weighted by Crippen LogP contribution is -2.42. The van der Waals surface area contributed by atoms with Gasteiger partial charge in [0.25, 0.3) is 0 Å². The van der Waals surface area contributed by atoms with Gasteiger partial charge in [-0.2, -0.15) is 0 Å². The van der Waals surface area contributed by atoms with Crippen LogP contribution in [-0.4, -0.2) is 55.6 Å². The van der Waals surface area contributed by atoms with Crippen LogP contribution in [0.2, 0.25) is 0 Å². The average molecular weight is 477 g/mol. The molecule has 0 spiro atoms. The van der Waals surface area contributed by atoms with E-state index in [4.69, 9.17) is 0 Å². The molecule has 6 rings (SSSR count). The van der Waals surface area contributed by atoms with E-state index in [2.05, 4.69) is 42.4 Å². The van der Waals surface area contributed by atoms with Crippen LogP contribution in [0, 0.1) is 11.6 Å². The molecule has 35 heavy (non-hydrogen) atoms. The highest BCUT2D eigenvalue weighted by Gasteiger charge is 2.25. The third-order valence-corrected chi connectivity index (χ3v) is 6.75. The van der Waals surface area contributed by atoms with Gasteiger partial charge >= 0.3 is 0 Å². The van der Waals surface area contributed by atoms with Gasteiger partial charge in [0.15, 0.2) is 11.6 Å². The number of fused-ring (bicyclic) bond motifs is 3. The number of nitrogens with one attached hydrogen (secondary N) is 2. The zero-order valence-electron chi connectivity index (χ0n) is 19.4. The minimum absolute atomic E-state index is 0.0276. The number of rotatable bonds is 5. The van der Waals surface area contributed by atoms with E-state index in [-0.39, 0.29) is 17.7 Å². The van der Waals surface area contributed by atoms with Crippen LogP contribution >= 0.6 is 0 Å². The smallest absolute Gasteiger partial charge is 0.229 e. The maximum atomic E-state index is 14.9. The van der Waals surface area contributed by atoms with Crippen LogP contribution in [0.3, 0.4) is 0 Å². The predicted molar refractivity (Wildman–Crippen MR) is 129 cm³/mol. The van der Waals surface area contributed by atoms with E-state index in [1.165, 1.54) is 6.07 Å². The quantitative estimate of drug-likeness (QED) is 0.453. The van der Waals surface area contributed by atoms with Gasteiger partial charge in [0.1, 0.15) is 22.9 Å². The summed E-state index contributed by atoms with van der Waals surface area (Å²) in [5.41, 5.74) is 2.46. The highest BCUT2D eigenvalue weighted by atomic mass is 19.1. The molecule has 1 saturated heterocycles. The highest BCUT2D eigenvalue weighted by Crippen LogP contribution is 2.34. The molecule has 3 aromatic heterocycles. The van der Waals surface area contributed by atoms with Gasteiger partial charge in [0.2, 0.25) is 5.95 Å². The lowest BCUT2D eigenvalue weighted by Gasteiger charge is -2.27. The van der Waals surface area contributed by atoms with Crippen molar-refractivity contribution in [1.29, 1.82) is 0 Å². The standard InChI is InChI=1S/C25H26F2N8/c1-15-2-5-22-32-24-18(26)10-17(11-20(24)35(15)22)23-19(27)13-30-25(33-23)31-21-4-3-16(12-29-21)14-34-8-6-28-7-9-34/h3-4,10-13,15,28H,2,5-9,14H2,1H3,(H,29,30,31,33). The summed E-state index contributed by atoms with van der Waals surface area (Å²) in [6.45, 7) is 6.95. The number of piperazine rings is 1. The number of benzene rings is 1. The van der Waals surface area contributed by atoms with Crippen molar-refractivity contribution in [3.05, 3.63) is 59.7 Å². The molecule has 1 atom stereocenters. The lowest BCUT2D eigenvalue weighted by molar-refractivity contribution is 0.233. The van der Waals surface area contributed by atoms with Crippen molar-refractivity contribution in [3.63, 3.8) is 0 Å². The number of pyridine rings is 1. The summed E-state index contributed by atoms with van der Waals surface area (Å²) in [6, 6.07) is 7.13. The fourth-order valence-electron chi connectivity index (χ4n) is 4.94. The van der Waals surface area contributed by atoms with Gasteiger partial charge in [-0.05, 0) is 37.1 Å². The molecule has 1 unspecified atom stereocenters. The molecule has 2 N–H and O–H groups in total. The number of halogens is 2. The Hall–Kier alpha value is -3.50. The maximum absolute atomic E-state index is 14.9. The minimum Gasteiger partial charge on any atom is -0.325 e. The Labute approximate surface area is 201 Å². The second kappa shape index (κ2) is 8.94. The molecular weight excluding hydrogens is 450 g/mol. The number of aromatic nitrogens is 5. The zero-order valence-corrected chi connectivity index (χ0v) is 19.4. The number of anilines is 2. The zero-order chi connectivity index (χ0) is 23.9. The maximum Gasteiger partial charge on any atom is 0.229 e. The molecule has 0 radical (unpaired) electrons. The van der Waals surface area contributed by atoms with Crippen LogP contribution in [0.5, 0.6) is 0 Å². The second-order valence-electron chi connectivity index (χ2n) is 9.20. The Balaban J connectivity index is 1.26. The van der Waals surface area contributed by atoms with Gasteiger partial charge in [-0.25, -0.2) is 28.7 Å². The van der Waals surface area contributed by atoms with Crippen molar-refractivity contribution in [2.75, 3.05) is 31.5 Å². The van der Waals surface area contributed by atoms with Gasteiger partial charge in [0.05, 0.1) is 11.7 Å². The number of aryl methyl sites for hydroxylation is 1. The predicted octanol–water partition coefficient (Wildman–Crippen LogP) is 3.82. The van der Waals surface area contributed by atoms with E-state index in [0.29, 0.717) is 22.4 Å². The summed E-state index contributed by atoms with van der Waals surface area (Å²) in [4.78, 5) is 19.7. The van der Waals surface area contributed by atoms with Crippen LogP contribution in [-0.2, 0) is 13.0 Å². The fraction of sp³-hybridized carbons (Fsp3) is 0.360. The van der Waals surface area contributed by atoms with Crippen molar-refractivity contribution in [2.24, 2.45) is 0 Å². The van der Waals surface area contributed by atoms with E-state index in [0.717, 1.165) is 63.2 Å². The minimum atomic E-state index is -0.622. The molecule has 0 saturated carbocycles. The molecule has 2 aliphatic heterocycles. The Morgan fingerprint density at radius 2 is 1.91 bits per heavy atom. The van der Waals surface area contributed by atoms with E-state index >= 15 is 0 Å². The molecule has 180 valence electrons. The largest absolute Gasteiger partial charge is 0.325 e. The SMILES string of the molecule is CC1CCc2nc3c(F)cc(-c4nc(Nc5ccc(CN6CCNCC6)cn5)ncc4F)cc3n21. The fourth-order valence-corrected chi connectivity index (χ4v) is 4.94. The van der Waals surface area contributed by atoms with Crippen molar-refractivity contribution in [3.8, 4) is 11.3 Å². The Morgan fingerprint density at radius 1 is 1.06 bits per heavy atom. The van der Waals surface area contributed by atoms with Crippen LogP contribution in [0.4, 0.5) is 20.5 Å². The number of imidazole rings is 1.